The van der Waals surface area contributed by atoms with Crippen molar-refractivity contribution in [3.05, 3.63) is 12.7 Å². The molecule has 0 saturated carbocycles. The van der Waals surface area contributed by atoms with Crippen molar-refractivity contribution in [1.29, 1.82) is 0 Å². The molecule has 0 unspecified atom stereocenters. The summed E-state index contributed by atoms with van der Waals surface area (Å²) in [4.78, 5) is 12.7. The first kappa shape index (κ1) is 28.5. The van der Waals surface area contributed by atoms with Gasteiger partial charge in [-0.2, -0.15) is 4.31 Å². The second kappa shape index (κ2) is 10.2. The standard InChI is InChI=1S/C21H43NO6SSi2/c1-11-17(28-31(9,10)21(3,4)5)16-15-22(18(19(16)23)20(24)27-12-2)29(25,26)13-14-30(6,7)8/h11,16-19,23H,1,12-15H2,2-10H3/t16-,17+,18-,19+/m1/s1. The van der Waals surface area contributed by atoms with Crippen LogP contribution in [0.4, 0.5) is 0 Å². The van der Waals surface area contributed by atoms with Crippen LogP contribution < -0.4 is 0 Å². The minimum Gasteiger partial charge on any atom is -0.465 e. The van der Waals surface area contributed by atoms with E-state index in [-0.39, 0.29) is 23.9 Å². The molecule has 4 atom stereocenters. The minimum absolute atomic E-state index is 0.00396. The lowest BCUT2D eigenvalue weighted by molar-refractivity contribution is -0.150. The highest BCUT2D eigenvalue weighted by molar-refractivity contribution is 7.89. The van der Waals surface area contributed by atoms with Crippen molar-refractivity contribution in [2.45, 2.75) is 89.8 Å². The Morgan fingerprint density at radius 1 is 1.26 bits per heavy atom. The number of nitrogens with zero attached hydrogens (tertiary/aromatic N) is 1. The Bertz CT molecular complexity index is 742. The van der Waals surface area contributed by atoms with E-state index in [2.05, 4.69) is 60.1 Å². The molecule has 31 heavy (non-hydrogen) atoms. The lowest BCUT2D eigenvalue weighted by Gasteiger charge is -2.40. The molecule has 1 aliphatic rings. The van der Waals surface area contributed by atoms with E-state index in [9.17, 15) is 18.3 Å². The normalized spacial score (nSPS) is 24.8. The summed E-state index contributed by atoms with van der Waals surface area (Å²) in [5, 5.41) is 11.0. The van der Waals surface area contributed by atoms with Gasteiger partial charge in [-0.1, -0.05) is 46.5 Å². The Balaban J connectivity index is 3.28. The second-order valence-corrected chi connectivity index (χ2v) is 23.5. The van der Waals surface area contributed by atoms with Crippen LogP contribution in [-0.4, -0.2) is 77.3 Å². The van der Waals surface area contributed by atoms with E-state index in [1.165, 1.54) is 0 Å². The maximum Gasteiger partial charge on any atom is 0.327 e. The third-order valence-corrected chi connectivity index (χ3v) is 14.7. The first-order chi connectivity index (χ1) is 13.9. The number of hydrogen-bond donors (Lipinski definition) is 1. The van der Waals surface area contributed by atoms with Crippen LogP contribution in [0.5, 0.6) is 0 Å². The van der Waals surface area contributed by atoms with E-state index in [0.29, 0.717) is 6.04 Å². The molecule has 0 aliphatic carbocycles. The van der Waals surface area contributed by atoms with E-state index >= 15 is 0 Å². The SMILES string of the molecule is C=C[C@H](O[Si](C)(C)C(C)(C)C)[C@H]1CN(S(=O)(=O)CC[Si](C)(C)C)[C@@H](C(=O)OCC)[C@H]1O. The van der Waals surface area contributed by atoms with E-state index in [1.807, 2.05) is 0 Å². The molecule has 1 rings (SSSR count). The molecular weight excluding hydrogens is 450 g/mol. The third kappa shape index (κ3) is 7.23. The Labute approximate surface area is 191 Å². The molecule has 1 N–H and O–H groups in total. The zero-order chi connectivity index (χ0) is 24.4. The topological polar surface area (TPSA) is 93.1 Å². The van der Waals surface area contributed by atoms with Crippen molar-refractivity contribution in [2.75, 3.05) is 18.9 Å². The highest BCUT2D eigenvalue weighted by atomic mass is 32.2. The van der Waals surface area contributed by atoms with Gasteiger partial charge in [0.2, 0.25) is 10.0 Å². The summed E-state index contributed by atoms with van der Waals surface area (Å²) < 4.78 is 39.2. The third-order valence-electron chi connectivity index (χ3n) is 6.35. The minimum atomic E-state index is -3.76. The zero-order valence-corrected chi connectivity index (χ0v) is 23.6. The van der Waals surface area contributed by atoms with Gasteiger partial charge in [0.25, 0.3) is 0 Å². The van der Waals surface area contributed by atoms with Gasteiger partial charge in [0, 0.05) is 20.5 Å². The highest BCUT2D eigenvalue weighted by Gasteiger charge is 2.54. The second-order valence-electron chi connectivity index (χ2n) is 11.1. The van der Waals surface area contributed by atoms with Gasteiger partial charge in [-0.25, -0.2) is 8.42 Å². The smallest absolute Gasteiger partial charge is 0.327 e. The molecule has 0 aromatic carbocycles. The van der Waals surface area contributed by atoms with Gasteiger partial charge in [-0.15, -0.1) is 6.58 Å². The van der Waals surface area contributed by atoms with Crippen molar-refractivity contribution in [1.82, 2.24) is 4.31 Å². The Kier molecular flexibility index (Phi) is 9.35. The van der Waals surface area contributed by atoms with Crippen LogP contribution in [0, 0.1) is 5.92 Å². The molecule has 0 aromatic rings. The summed E-state index contributed by atoms with van der Waals surface area (Å²) in [5.41, 5.74) is 0. The molecule has 1 saturated heterocycles. The summed E-state index contributed by atoms with van der Waals surface area (Å²) in [7, 11) is -7.59. The maximum absolute atomic E-state index is 13.2. The van der Waals surface area contributed by atoms with Crippen LogP contribution in [0.25, 0.3) is 0 Å². The number of aliphatic hydroxyl groups is 1. The number of ether oxygens (including phenoxy) is 1. The zero-order valence-electron chi connectivity index (χ0n) is 20.8. The lowest BCUT2D eigenvalue weighted by atomic mass is 9.96. The molecule has 1 fully saturated rings. The van der Waals surface area contributed by atoms with Gasteiger partial charge in [0.15, 0.2) is 8.32 Å². The van der Waals surface area contributed by atoms with Gasteiger partial charge in [0.05, 0.1) is 24.6 Å². The maximum atomic E-state index is 13.2. The molecule has 7 nitrogen and oxygen atoms in total. The van der Waals surface area contributed by atoms with Crippen LogP contribution in [-0.2, 0) is 24.0 Å². The molecule has 1 heterocycles. The Morgan fingerprint density at radius 2 is 1.81 bits per heavy atom. The fraction of sp³-hybridized carbons (Fsp3) is 0.857. The highest BCUT2D eigenvalue weighted by Crippen LogP contribution is 2.40. The van der Waals surface area contributed by atoms with E-state index < -0.39 is 56.6 Å². The molecule has 1 aliphatic heterocycles. The number of carbonyl (C=O) groups is 1. The van der Waals surface area contributed by atoms with E-state index in [0.717, 1.165) is 4.31 Å². The molecule has 0 amide bonds. The first-order valence-corrected chi connectivity index (χ1v) is 19.2. The molecule has 0 spiro atoms. The average molecular weight is 494 g/mol. The summed E-state index contributed by atoms with van der Waals surface area (Å²) in [6, 6.07) is -0.685. The van der Waals surface area contributed by atoms with Crippen molar-refractivity contribution in [3.8, 4) is 0 Å². The number of carbonyl (C=O) groups excluding carboxylic acids is 1. The fourth-order valence-corrected chi connectivity index (χ4v) is 9.26. The molecule has 10 heteroatoms. The quantitative estimate of drug-likeness (QED) is 0.285. The predicted molar refractivity (Wildman–Crippen MR) is 131 cm³/mol. The number of hydrogen-bond acceptors (Lipinski definition) is 6. The Hall–Kier alpha value is -0.526. The van der Waals surface area contributed by atoms with E-state index in [1.54, 1.807) is 13.0 Å². The number of sulfonamides is 1. The number of rotatable bonds is 10. The van der Waals surface area contributed by atoms with Crippen LogP contribution in [0.1, 0.15) is 27.7 Å². The van der Waals surface area contributed by atoms with Gasteiger partial charge in [0.1, 0.15) is 6.04 Å². The monoisotopic (exact) mass is 493 g/mol. The molecule has 0 bridgehead atoms. The Morgan fingerprint density at radius 3 is 2.23 bits per heavy atom. The predicted octanol–water partition coefficient (Wildman–Crippen LogP) is 3.46. The summed E-state index contributed by atoms with van der Waals surface area (Å²) in [5.74, 6) is -1.35. The first-order valence-electron chi connectivity index (χ1n) is 11.0. The summed E-state index contributed by atoms with van der Waals surface area (Å²) >= 11 is 0. The van der Waals surface area contributed by atoms with Gasteiger partial charge in [-0.3, -0.25) is 4.79 Å². The van der Waals surface area contributed by atoms with Gasteiger partial charge in [-0.05, 0) is 31.1 Å². The van der Waals surface area contributed by atoms with Gasteiger partial charge < -0.3 is 14.3 Å². The van der Waals surface area contributed by atoms with Crippen molar-refractivity contribution in [3.63, 3.8) is 0 Å². The number of aliphatic hydroxyl groups excluding tert-OH is 1. The average Bonchev–Trinajstić information content (AvgIpc) is 2.95. The summed E-state index contributed by atoms with van der Waals surface area (Å²) in [6.07, 6.45) is -0.173. The van der Waals surface area contributed by atoms with Crippen molar-refractivity contribution >= 4 is 32.4 Å². The van der Waals surface area contributed by atoms with Crippen LogP contribution in [0.15, 0.2) is 12.7 Å². The molecule has 0 aromatic heterocycles. The van der Waals surface area contributed by atoms with Gasteiger partial charge >= 0.3 is 5.97 Å². The largest absolute Gasteiger partial charge is 0.465 e. The molecule has 0 radical (unpaired) electrons. The van der Waals surface area contributed by atoms with Crippen molar-refractivity contribution < 1.29 is 27.5 Å². The van der Waals surface area contributed by atoms with E-state index in [4.69, 9.17) is 9.16 Å². The van der Waals surface area contributed by atoms with Crippen LogP contribution >= 0.6 is 0 Å². The molecular formula is C21H43NO6SSi2. The van der Waals surface area contributed by atoms with Crippen LogP contribution in [0.2, 0.25) is 43.8 Å². The van der Waals surface area contributed by atoms with Crippen molar-refractivity contribution in [2.24, 2.45) is 5.92 Å². The lowest BCUT2D eigenvalue weighted by Crippen LogP contribution is -2.48. The van der Waals surface area contributed by atoms with Crippen LogP contribution in [0.3, 0.4) is 0 Å². The number of esters is 1. The summed E-state index contributed by atoms with van der Waals surface area (Å²) in [6.45, 7) is 22.5. The molecule has 182 valence electrons. The fourth-order valence-electron chi connectivity index (χ4n) is 3.28.